The first-order chi connectivity index (χ1) is 7.24. The van der Waals surface area contributed by atoms with Crippen LogP contribution in [0.25, 0.3) is 0 Å². The molecule has 1 saturated heterocycles. The number of hydrogen-bond donors (Lipinski definition) is 1. The molecule has 15 heavy (non-hydrogen) atoms. The first-order valence-electron chi connectivity index (χ1n) is 5.40. The molecule has 0 amide bonds. The largest absolute Gasteiger partial charge is 0.317 e. The molecule has 1 aromatic carbocycles. The van der Waals surface area contributed by atoms with Crippen molar-refractivity contribution in [1.29, 1.82) is 0 Å². The fourth-order valence-electron chi connectivity index (χ4n) is 2.15. The maximum absolute atomic E-state index is 13.1. The summed E-state index contributed by atoms with van der Waals surface area (Å²) in [5.41, 5.74) is 1.11. The lowest BCUT2D eigenvalue weighted by Crippen LogP contribution is -2.28. The van der Waals surface area contributed by atoms with E-state index < -0.39 is 0 Å². The van der Waals surface area contributed by atoms with Gasteiger partial charge < -0.3 is 5.32 Å². The summed E-state index contributed by atoms with van der Waals surface area (Å²) >= 11 is 3.33. The van der Waals surface area contributed by atoms with Crippen LogP contribution in [0.1, 0.15) is 18.4 Å². The zero-order valence-corrected chi connectivity index (χ0v) is 10.2. The van der Waals surface area contributed by atoms with Gasteiger partial charge in [0.1, 0.15) is 5.82 Å². The van der Waals surface area contributed by atoms with Crippen LogP contribution in [-0.2, 0) is 6.42 Å². The summed E-state index contributed by atoms with van der Waals surface area (Å²) in [6, 6.07) is 5.17. The van der Waals surface area contributed by atoms with Crippen molar-refractivity contribution in [2.45, 2.75) is 19.3 Å². The predicted molar refractivity (Wildman–Crippen MR) is 63.4 cm³/mol. The van der Waals surface area contributed by atoms with E-state index in [1.807, 2.05) is 6.07 Å². The second kappa shape index (κ2) is 5.08. The van der Waals surface area contributed by atoms with E-state index in [1.54, 1.807) is 6.07 Å². The molecular weight excluding hydrogens is 257 g/mol. The van der Waals surface area contributed by atoms with Gasteiger partial charge >= 0.3 is 0 Å². The highest BCUT2D eigenvalue weighted by molar-refractivity contribution is 9.10. The van der Waals surface area contributed by atoms with E-state index in [0.717, 1.165) is 29.5 Å². The van der Waals surface area contributed by atoms with Gasteiger partial charge in [0.15, 0.2) is 0 Å². The highest BCUT2D eigenvalue weighted by Crippen LogP contribution is 2.21. The first kappa shape index (κ1) is 11.1. The summed E-state index contributed by atoms with van der Waals surface area (Å²) in [7, 11) is 0. The van der Waals surface area contributed by atoms with Crippen molar-refractivity contribution in [1.82, 2.24) is 5.32 Å². The van der Waals surface area contributed by atoms with Gasteiger partial charge in [-0.15, -0.1) is 0 Å². The first-order valence-corrected chi connectivity index (χ1v) is 6.19. The van der Waals surface area contributed by atoms with Crippen LogP contribution in [0.3, 0.4) is 0 Å². The molecule has 0 radical (unpaired) electrons. The summed E-state index contributed by atoms with van der Waals surface area (Å²) < 4.78 is 14.0. The Hall–Kier alpha value is -0.410. The van der Waals surface area contributed by atoms with E-state index in [1.165, 1.54) is 18.9 Å². The Balaban J connectivity index is 2.02. The van der Waals surface area contributed by atoms with Crippen LogP contribution in [-0.4, -0.2) is 13.1 Å². The van der Waals surface area contributed by atoms with E-state index in [0.29, 0.717) is 5.92 Å². The van der Waals surface area contributed by atoms with Crippen molar-refractivity contribution >= 4 is 15.9 Å². The van der Waals surface area contributed by atoms with Crippen LogP contribution in [0, 0.1) is 11.7 Å². The Morgan fingerprint density at radius 2 is 2.00 bits per heavy atom. The number of rotatable bonds is 2. The standard InChI is InChI=1S/C12H15BrFN/c13-11-6-10(7-12(14)8-11)5-9-1-3-15-4-2-9/h6-9,15H,1-5H2. The molecule has 1 fully saturated rings. The van der Waals surface area contributed by atoms with E-state index in [-0.39, 0.29) is 5.82 Å². The smallest absolute Gasteiger partial charge is 0.124 e. The van der Waals surface area contributed by atoms with Crippen LogP contribution >= 0.6 is 15.9 Å². The molecule has 0 aliphatic carbocycles. The maximum Gasteiger partial charge on any atom is 0.124 e. The van der Waals surface area contributed by atoms with Crippen molar-refractivity contribution in [2.24, 2.45) is 5.92 Å². The van der Waals surface area contributed by atoms with Crippen LogP contribution < -0.4 is 5.32 Å². The van der Waals surface area contributed by atoms with Crippen LogP contribution in [0.4, 0.5) is 4.39 Å². The molecule has 2 rings (SSSR count). The highest BCUT2D eigenvalue weighted by Gasteiger charge is 2.13. The van der Waals surface area contributed by atoms with Crippen LogP contribution in [0.5, 0.6) is 0 Å². The van der Waals surface area contributed by atoms with Gasteiger partial charge in [-0.05, 0) is 62.0 Å². The van der Waals surface area contributed by atoms with Crippen LogP contribution in [0.2, 0.25) is 0 Å². The normalized spacial score (nSPS) is 18.0. The second-order valence-corrected chi connectivity index (χ2v) is 5.09. The number of hydrogen-bond acceptors (Lipinski definition) is 1. The molecule has 0 saturated carbocycles. The van der Waals surface area contributed by atoms with Gasteiger partial charge in [-0.2, -0.15) is 0 Å². The van der Waals surface area contributed by atoms with Crippen molar-refractivity contribution < 1.29 is 4.39 Å². The lowest BCUT2D eigenvalue weighted by Gasteiger charge is -2.22. The van der Waals surface area contributed by atoms with Gasteiger partial charge in [-0.3, -0.25) is 0 Å². The third kappa shape index (κ3) is 3.28. The Bertz CT molecular complexity index is 314. The molecule has 0 bridgehead atoms. The molecule has 0 atom stereocenters. The molecule has 1 aliphatic heterocycles. The fraction of sp³-hybridized carbons (Fsp3) is 0.500. The SMILES string of the molecule is Fc1cc(Br)cc(CC2CCNCC2)c1. The molecule has 0 spiro atoms. The van der Waals surface area contributed by atoms with Gasteiger partial charge in [-0.1, -0.05) is 15.9 Å². The molecule has 1 N–H and O–H groups in total. The average molecular weight is 272 g/mol. The number of piperidine rings is 1. The van der Waals surface area contributed by atoms with E-state index in [4.69, 9.17) is 0 Å². The van der Waals surface area contributed by atoms with E-state index in [2.05, 4.69) is 21.2 Å². The quantitative estimate of drug-likeness (QED) is 0.872. The Morgan fingerprint density at radius 1 is 1.27 bits per heavy atom. The van der Waals surface area contributed by atoms with Crippen LogP contribution in [0.15, 0.2) is 22.7 Å². The van der Waals surface area contributed by atoms with Gasteiger partial charge in [0.2, 0.25) is 0 Å². The maximum atomic E-state index is 13.1. The third-order valence-corrected chi connectivity index (χ3v) is 3.36. The molecule has 0 aromatic heterocycles. The van der Waals surface area contributed by atoms with Gasteiger partial charge in [0, 0.05) is 4.47 Å². The third-order valence-electron chi connectivity index (χ3n) is 2.91. The van der Waals surface area contributed by atoms with Crippen molar-refractivity contribution in [3.63, 3.8) is 0 Å². The minimum absolute atomic E-state index is 0.145. The van der Waals surface area contributed by atoms with Gasteiger partial charge in [-0.25, -0.2) is 4.39 Å². The van der Waals surface area contributed by atoms with E-state index in [9.17, 15) is 4.39 Å². The summed E-state index contributed by atoms with van der Waals surface area (Å²) in [5.74, 6) is 0.563. The Kier molecular flexibility index (Phi) is 3.76. The van der Waals surface area contributed by atoms with E-state index >= 15 is 0 Å². The molecule has 3 heteroatoms. The molecule has 82 valence electrons. The minimum Gasteiger partial charge on any atom is -0.317 e. The highest BCUT2D eigenvalue weighted by atomic mass is 79.9. The minimum atomic E-state index is -0.145. The average Bonchev–Trinajstić information content (AvgIpc) is 2.17. The number of halogens is 2. The number of nitrogens with one attached hydrogen (secondary N) is 1. The number of benzene rings is 1. The molecule has 0 unspecified atom stereocenters. The van der Waals surface area contributed by atoms with Crippen molar-refractivity contribution in [2.75, 3.05) is 13.1 Å². The Labute approximate surface area is 98.2 Å². The van der Waals surface area contributed by atoms with Crippen molar-refractivity contribution in [3.8, 4) is 0 Å². The molecular formula is C12H15BrFN. The predicted octanol–water partition coefficient (Wildman–Crippen LogP) is 3.13. The molecule has 1 heterocycles. The second-order valence-electron chi connectivity index (χ2n) is 4.18. The fourth-order valence-corrected chi connectivity index (χ4v) is 2.66. The lowest BCUT2D eigenvalue weighted by molar-refractivity contribution is 0.372. The summed E-state index contributed by atoms with van der Waals surface area (Å²) in [5, 5.41) is 3.34. The molecule has 1 aromatic rings. The lowest BCUT2D eigenvalue weighted by atomic mass is 9.91. The summed E-state index contributed by atoms with van der Waals surface area (Å²) in [6.45, 7) is 2.20. The zero-order chi connectivity index (χ0) is 10.7. The summed E-state index contributed by atoms with van der Waals surface area (Å²) in [4.78, 5) is 0. The van der Waals surface area contributed by atoms with Gasteiger partial charge in [0.25, 0.3) is 0 Å². The molecule has 1 aliphatic rings. The zero-order valence-electron chi connectivity index (χ0n) is 8.60. The monoisotopic (exact) mass is 271 g/mol. The Morgan fingerprint density at radius 3 is 2.67 bits per heavy atom. The molecule has 1 nitrogen and oxygen atoms in total. The summed E-state index contributed by atoms with van der Waals surface area (Å²) in [6.07, 6.45) is 3.40. The van der Waals surface area contributed by atoms with Gasteiger partial charge in [0.05, 0.1) is 0 Å². The topological polar surface area (TPSA) is 12.0 Å². The van der Waals surface area contributed by atoms with Crippen molar-refractivity contribution in [3.05, 3.63) is 34.1 Å².